The van der Waals surface area contributed by atoms with Crippen LogP contribution in [-0.4, -0.2) is 25.0 Å². The van der Waals surface area contributed by atoms with Gasteiger partial charge in [0.2, 0.25) is 0 Å². The van der Waals surface area contributed by atoms with Gasteiger partial charge in [-0.1, -0.05) is 47.5 Å². The molecular weight excluding hydrogens is 341 g/mol. The molecule has 0 spiro atoms. The van der Waals surface area contributed by atoms with Crippen molar-refractivity contribution in [2.24, 2.45) is 0 Å². The van der Waals surface area contributed by atoms with Gasteiger partial charge in [-0.15, -0.1) is 12.4 Å². The molecule has 0 heterocycles. The van der Waals surface area contributed by atoms with Gasteiger partial charge < -0.3 is 9.64 Å². The van der Waals surface area contributed by atoms with E-state index in [1.807, 2.05) is 6.07 Å². The lowest BCUT2D eigenvalue weighted by atomic mass is 10.1. The molecule has 0 saturated carbocycles. The van der Waals surface area contributed by atoms with E-state index < -0.39 is 0 Å². The van der Waals surface area contributed by atoms with E-state index in [1.54, 1.807) is 12.1 Å². The van der Waals surface area contributed by atoms with Gasteiger partial charge in [0.1, 0.15) is 11.9 Å². The Balaban J connectivity index is 0.00000176. The van der Waals surface area contributed by atoms with Crippen LogP contribution < -0.4 is 4.74 Å². The summed E-state index contributed by atoms with van der Waals surface area (Å²) in [4.78, 5) is 2.21. The van der Waals surface area contributed by atoms with Crippen molar-refractivity contribution in [1.82, 2.24) is 4.90 Å². The van der Waals surface area contributed by atoms with Gasteiger partial charge in [0, 0.05) is 6.07 Å². The third kappa shape index (κ3) is 3.36. The maximum Gasteiger partial charge on any atom is 0.140 e. The predicted octanol–water partition coefficient (Wildman–Crippen LogP) is 5.02. The second-order valence-electron chi connectivity index (χ2n) is 5.55. The van der Waals surface area contributed by atoms with E-state index in [0.29, 0.717) is 16.1 Å². The Morgan fingerprint density at radius 2 is 1.77 bits per heavy atom. The molecule has 5 heteroatoms. The molecule has 0 fully saturated rings. The van der Waals surface area contributed by atoms with Crippen LogP contribution in [0, 0.1) is 0 Å². The monoisotopic (exact) mass is 357 g/mol. The van der Waals surface area contributed by atoms with Gasteiger partial charge in [-0.3, -0.25) is 0 Å². The largest absolute Gasteiger partial charge is 0.484 e. The van der Waals surface area contributed by atoms with E-state index in [-0.39, 0.29) is 18.5 Å². The molecule has 2 atom stereocenters. The summed E-state index contributed by atoms with van der Waals surface area (Å²) in [5, 5.41) is 1.06. The van der Waals surface area contributed by atoms with Crippen LogP contribution in [0.2, 0.25) is 10.0 Å². The average Bonchev–Trinajstić information content (AvgIpc) is 2.82. The van der Waals surface area contributed by atoms with Gasteiger partial charge in [0.15, 0.2) is 0 Å². The third-order valence-corrected chi connectivity index (χ3v) is 4.70. The maximum atomic E-state index is 6.23. The highest BCUT2D eigenvalue weighted by atomic mass is 35.5. The molecule has 22 heavy (non-hydrogen) atoms. The molecule has 1 aliphatic rings. The minimum atomic E-state index is 0. The summed E-state index contributed by atoms with van der Waals surface area (Å²) < 4.78 is 6.23. The summed E-state index contributed by atoms with van der Waals surface area (Å²) in [6.45, 7) is 0. The lowest BCUT2D eigenvalue weighted by molar-refractivity contribution is 0.111. The first-order valence-electron chi connectivity index (χ1n) is 6.92. The maximum absolute atomic E-state index is 6.23. The molecule has 0 radical (unpaired) electrons. The Bertz CT molecular complexity index is 660. The molecule has 0 amide bonds. The van der Waals surface area contributed by atoms with Gasteiger partial charge in [0.25, 0.3) is 0 Å². The quantitative estimate of drug-likeness (QED) is 0.763. The highest BCUT2D eigenvalue weighted by Crippen LogP contribution is 2.38. The van der Waals surface area contributed by atoms with Crippen LogP contribution in [0.25, 0.3) is 0 Å². The van der Waals surface area contributed by atoms with E-state index in [0.717, 1.165) is 12.2 Å². The van der Waals surface area contributed by atoms with Gasteiger partial charge in [0.05, 0.1) is 16.1 Å². The van der Waals surface area contributed by atoms with Crippen molar-refractivity contribution in [2.45, 2.75) is 18.6 Å². The number of likely N-dealkylation sites (N-methyl/N-ethyl adjacent to an activating group) is 1. The van der Waals surface area contributed by atoms with Crippen molar-refractivity contribution >= 4 is 35.6 Å². The first kappa shape index (κ1) is 17.4. The smallest absolute Gasteiger partial charge is 0.140 e. The third-order valence-electron chi connectivity index (χ3n) is 3.96. The standard InChI is InChI=1S/C17H17Cl2NO.ClH/c1-20(2)16-9-11-5-3-4-6-13(11)17(16)21-12-7-8-14(18)15(19)10-12;/h3-8,10,16-17H,9H2,1-2H3;1H/t16-,17+;/m0./s1. The van der Waals surface area contributed by atoms with E-state index >= 15 is 0 Å². The molecular formula is C17H18Cl3NO. The summed E-state index contributed by atoms with van der Waals surface area (Å²) >= 11 is 12.0. The number of ether oxygens (including phenoxy) is 1. The van der Waals surface area contributed by atoms with Crippen molar-refractivity contribution in [3.63, 3.8) is 0 Å². The topological polar surface area (TPSA) is 12.5 Å². The second kappa shape index (κ2) is 7.10. The van der Waals surface area contributed by atoms with Gasteiger partial charge in [-0.2, -0.15) is 0 Å². The lowest BCUT2D eigenvalue weighted by Crippen LogP contribution is -2.34. The number of hydrogen-bond acceptors (Lipinski definition) is 2. The molecule has 0 bridgehead atoms. The number of benzene rings is 2. The molecule has 0 aliphatic heterocycles. The number of nitrogens with zero attached hydrogens (tertiary/aromatic N) is 1. The second-order valence-corrected chi connectivity index (χ2v) is 6.36. The first-order chi connectivity index (χ1) is 10.1. The molecule has 3 rings (SSSR count). The number of rotatable bonds is 3. The Labute approximate surface area is 147 Å². The zero-order valence-corrected chi connectivity index (χ0v) is 14.8. The van der Waals surface area contributed by atoms with Crippen LogP contribution in [0.5, 0.6) is 5.75 Å². The summed E-state index contributed by atoms with van der Waals surface area (Å²) in [5.41, 5.74) is 2.60. The highest BCUT2D eigenvalue weighted by molar-refractivity contribution is 6.42. The van der Waals surface area contributed by atoms with Gasteiger partial charge >= 0.3 is 0 Å². The minimum Gasteiger partial charge on any atom is -0.484 e. The molecule has 0 aromatic heterocycles. The van der Waals surface area contributed by atoms with Crippen LogP contribution in [0.15, 0.2) is 42.5 Å². The summed E-state index contributed by atoms with van der Waals surface area (Å²) in [5.74, 6) is 0.748. The molecule has 0 saturated heterocycles. The first-order valence-corrected chi connectivity index (χ1v) is 7.68. The minimum absolute atomic E-state index is 0. The van der Waals surface area contributed by atoms with Crippen LogP contribution in [0.1, 0.15) is 17.2 Å². The van der Waals surface area contributed by atoms with Crippen molar-refractivity contribution in [1.29, 1.82) is 0 Å². The van der Waals surface area contributed by atoms with Crippen molar-refractivity contribution in [3.05, 3.63) is 63.6 Å². The van der Waals surface area contributed by atoms with Gasteiger partial charge in [-0.05, 0) is 43.8 Å². The van der Waals surface area contributed by atoms with Crippen molar-refractivity contribution in [2.75, 3.05) is 14.1 Å². The van der Waals surface area contributed by atoms with Gasteiger partial charge in [-0.25, -0.2) is 0 Å². The molecule has 2 aromatic rings. The van der Waals surface area contributed by atoms with Crippen molar-refractivity contribution in [3.8, 4) is 5.75 Å². The number of fused-ring (bicyclic) bond motifs is 1. The number of halogens is 3. The molecule has 2 aromatic carbocycles. The average molecular weight is 359 g/mol. The fourth-order valence-corrected chi connectivity index (χ4v) is 3.12. The fourth-order valence-electron chi connectivity index (χ4n) is 2.83. The highest BCUT2D eigenvalue weighted by Gasteiger charge is 2.35. The Morgan fingerprint density at radius 1 is 1.05 bits per heavy atom. The molecule has 0 unspecified atom stereocenters. The Hall–Kier alpha value is -0.930. The summed E-state index contributed by atoms with van der Waals surface area (Å²) in [6, 6.07) is 14.2. The molecule has 2 nitrogen and oxygen atoms in total. The summed E-state index contributed by atoms with van der Waals surface area (Å²) in [7, 11) is 4.17. The molecule has 118 valence electrons. The Morgan fingerprint density at radius 3 is 2.45 bits per heavy atom. The fraction of sp³-hybridized carbons (Fsp3) is 0.294. The van der Waals surface area contributed by atoms with Crippen LogP contribution >= 0.6 is 35.6 Å². The predicted molar refractivity (Wildman–Crippen MR) is 94.7 cm³/mol. The van der Waals surface area contributed by atoms with E-state index in [2.05, 4.69) is 43.3 Å². The normalized spacial score (nSPS) is 19.7. The van der Waals surface area contributed by atoms with E-state index in [4.69, 9.17) is 27.9 Å². The van der Waals surface area contributed by atoms with Crippen molar-refractivity contribution < 1.29 is 4.74 Å². The molecule has 1 aliphatic carbocycles. The van der Waals surface area contributed by atoms with Crippen LogP contribution in [0.4, 0.5) is 0 Å². The zero-order valence-electron chi connectivity index (χ0n) is 12.4. The molecule has 0 N–H and O–H groups in total. The van der Waals surface area contributed by atoms with Crippen LogP contribution in [0.3, 0.4) is 0 Å². The van der Waals surface area contributed by atoms with E-state index in [1.165, 1.54) is 11.1 Å². The lowest BCUT2D eigenvalue weighted by Gasteiger charge is -2.27. The summed E-state index contributed by atoms with van der Waals surface area (Å²) in [6.07, 6.45) is 1.00. The SMILES string of the molecule is CN(C)[C@H]1Cc2ccccc2[C@H]1Oc1ccc(Cl)c(Cl)c1.Cl. The Kier molecular flexibility index (Phi) is 5.62. The zero-order chi connectivity index (χ0) is 15.0. The van der Waals surface area contributed by atoms with E-state index in [9.17, 15) is 0 Å². The number of hydrogen-bond donors (Lipinski definition) is 0. The van der Waals surface area contributed by atoms with Crippen LogP contribution in [-0.2, 0) is 6.42 Å².